The monoisotopic (exact) mass is 301 g/mol. The van der Waals surface area contributed by atoms with E-state index in [0.717, 1.165) is 17.8 Å². The second kappa shape index (κ2) is 4.72. The van der Waals surface area contributed by atoms with E-state index in [9.17, 15) is 14.4 Å². The van der Waals surface area contributed by atoms with Gasteiger partial charge in [-0.15, -0.1) is 0 Å². The van der Waals surface area contributed by atoms with Crippen LogP contribution in [0.4, 0.5) is 5.69 Å². The lowest BCUT2D eigenvalue weighted by atomic mass is 10.0. The molecular formula is C15H15N3O4. The molecule has 0 bridgehead atoms. The highest BCUT2D eigenvalue weighted by molar-refractivity contribution is 6.05. The lowest BCUT2D eigenvalue weighted by Gasteiger charge is -2.29. The highest BCUT2D eigenvalue weighted by Gasteiger charge is 2.39. The molecule has 0 aliphatic carbocycles. The third-order valence-corrected chi connectivity index (χ3v) is 4.30. The second-order valence-electron chi connectivity index (χ2n) is 5.68. The summed E-state index contributed by atoms with van der Waals surface area (Å²) in [5.74, 6) is -0.181. The number of imide groups is 1. The van der Waals surface area contributed by atoms with Crippen LogP contribution in [0.3, 0.4) is 0 Å². The van der Waals surface area contributed by atoms with Crippen LogP contribution < -0.4 is 15.4 Å². The molecule has 7 nitrogen and oxygen atoms in total. The van der Waals surface area contributed by atoms with Gasteiger partial charge in [-0.2, -0.15) is 0 Å². The fourth-order valence-corrected chi connectivity index (χ4v) is 3.20. The van der Waals surface area contributed by atoms with Crippen LogP contribution in [-0.2, 0) is 16.1 Å². The topological polar surface area (TPSA) is 87.7 Å². The normalized spacial score (nSPS) is 23.4. The van der Waals surface area contributed by atoms with Gasteiger partial charge in [0.25, 0.3) is 5.91 Å². The maximum atomic E-state index is 12.6. The first-order chi connectivity index (χ1) is 10.6. The third-order valence-electron chi connectivity index (χ3n) is 4.30. The fraction of sp³-hybridized carbons (Fsp3) is 0.400. The van der Waals surface area contributed by atoms with E-state index in [1.54, 1.807) is 6.07 Å². The minimum Gasteiger partial charge on any atom is -0.490 e. The van der Waals surface area contributed by atoms with Crippen LogP contribution in [-0.4, -0.2) is 41.8 Å². The van der Waals surface area contributed by atoms with Gasteiger partial charge >= 0.3 is 0 Å². The molecule has 3 heterocycles. The lowest BCUT2D eigenvalue weighted by molar-refractivity contribution is -0.136. The van der Waals surface area contributed by atoms with Gasteiger partial charge in [0.15, 0.2) is 0 Å². The van der Waals surface area contributed by atoms with Crippen LogP contribution >= 0.6 is 0 Å². The summed E-state index contributed by atoms with van der Waals surface area (Å²) < 4.78 is 5.56. The van der Waals surface area contributed by atoms with E-state index in [1.807, 2.05) is 6.07 Å². The van der Waals surface area contributed by atoms with Crippen molar-refractivity contribution in [3.05, 3.63) is 23.3 Å². The van der Waals surface area contributed by atoms with E-state index in [2.05, 4.69) is 10.6 Å². The van der Waals surface area contributed by atoms with Crippen LogP contribution in [0.25, 0.3) is 0 Å². The Balaban J connectivity index is 1.64. The molecule has 2 N–H and O–H groups in total. The number of rotatable bonds is 1. The Morgan fingerprint density at radius 1 is 1.23 bits per heavy atom. The Morgan fingerprint density at radius 3 is 2.91 bits per heavy atom. The quantitative estimate of drug-likeness (QED) is 0.726. The Kier molecular flexibility index (Phi) is 2.82. The summed E-state index contributed by atoms with van der Waals surface area (Å²) in [5, 5.41) is 5.54. The first-order valence-electron chi connectivity index (χ1n) is 7.32. The zero-order valence-corrected chi connectivity index (χ0v) is 11.8. The number of carbonyl (C=O) groups is 3. The number of benzene rings is 1. The molecule has 3 aliphatic rings. The molecule has 1 aromatic carbocycles. The van der Waals surface area contributed by atoms with Gasteiger partial charge in [0.2, 0.25) is 11.8 Å². The molecule has 4 rings (SSSR count). The van der Waals surface area contributed by atoms with Gasteiger partial charge in [-0.3, -0.25) is 19.7 Å². The van der Waals surface area contributed by atoms with Crippen LogP contribution in [0.5, 0.6) is 5.75 Å². The van der Waals surface area contributed by atoms with Crippen LogP contribution in [0, 0.1) is 0 Å². The van der Waals surface area contributed by atoms with Crippen molar-refractivity contribution in [2.24, 2.45) is 0 Å². The molecule has 0 spiro atoms. The van der Waals surface area contributed by atoms with Crippen molar-refractivity contribution in [2.45, 2.75) is 25.4 Å². The van der Waals surface area contributed by atoms with Gasteiger partial charge in [0.1, 0.15) is 18.4 Å². The van der Waals surface area contributed by atoms with Crippen molar-refractivity contribution >= 4 is 23.4 Å². The second-order valence-corrected chi connectivity index (χ2v) is 5.68. The van der Waals surface area contributed by atoms with Gasteiger partial charge < -0.3 is 15.0 Å². The Bertz CT molecular complexity index is 700. The zero-order valence-electron chi connectivity index (χ0n) is 11.8. The Hall–Kier alpha value is -2.57. The highest BCUT2D eigenvalue weighted by Crippen LogP contribution is 2.36. The van der Waals surface area contributed by atoms with Crippen LogP contribution in [0.15, 0.2) is 12.1 Å². The van der Waals surface area contributed by atoms with Crippen LogP contribution in [0.2, 0.25) is 0 Å². The minimum atomic E-state index is -0.580. The predicted octanol–water partition coefficient (Wildman–Crippen LogP) is 0.252. The van der Waals surface area contributed by atoms with E-state index in [-0.39, 0.29) is 18.2 Å². The molecule has 0 saturated carbocycles. The van der Waals surface area contributed by atoms with Gasteiger partial charge in [-0.25, -0.2) is 0 Å². The summed E-state index contributed by atoms with van der Waals surface area (Å²) in [7, 11) is 0. The van der Waals surface area contributed by atoms with Crippen molar-refractivity contribution in [1.82, 2.24) is 10.2 Å². The van der Waals surface area contributed by atoms with Crippen molar-refractivity contribution in [3.8, 4) is 5.75 Å². The minimum absolute atomic E-state index is 0.179. The van der Waals surface area contributed by atoms with E-state index < -0.39 is 11.9 Å². The number of anilines is 1. The molecule has 3 amide bonds. The molecular weight excluding hydrogens is 286 g/mol. The molecule has 3 aliphatic heterocycles. The highest BCUT2D eigenvalue weighted by atomic mass is 16.5. The van der Waals surface area contributed by atoms with Gasteiger partial charge in [0.05, 0.1) is 5.69 Å². The maximum absolute atomic E-state index is 12.6. The van der Waals surface area contributed by atoms with E-state index in [4.69, 9.17) is 4.74 Å². The first-order valence-corrected chi connectivity index (χ1v) is 7.32. The standard InChI is InChI=1S/C15H15N3O4/c19-13-2-1-11(14(20)17-13)18-7-8-5-10-12(22-4-3-16-10)6-9(8)15(18)21/h5-6,11,16H,1-4,7H2,(H,17,19,20). The van der Waals surface area contributed by atoms with Crippen LogP contribution in [0.1, 0.15) is 28.8 Å². The molecule has 0 radical (unpaired) electrons. The van der Waals surface area contributed by atoms with E-state index in [0.29, 0.717) is 30.9 Å². The van der Waals surface area contributed by atoms with Crippen molar-refractivity contribution in [1.29, 1.82) is 0 Å². The number of amides is 3. The summed E-state index contributed by atoms with van der Waals surface area (Å²) in [6, 6.07) is 3.07. The molecule has 1 fully saturated rings. The Labute approximate surface area is 126 Å². The molecule has 7 heteroatoms. The summed E-state index contributed by atoms with van der Waals surface area (Å²) in [6.45, 7) is 1.68. The zero-order chi connectivity index (χ0) is 15.3. The molecule has 1 saturated heterocycles. The third kappa shape index (κ3) is 1.93. The SMILES string of the molecule is O=C1CCC(N2Cc3cc4c(cc3C2=O)OCCN4)C(=O)N1. The number of fused-ring (bicyclic) bond motifs is 2. The maximum Gasteiger partial charge on any atom is 0.255 e. The number of nitrogens with one attached hydrogen (secondary N) is 2. The fourth-order valence-electron chi connectivity index (χ4n) is 3.20. The molecule has 22 heavy (non-hydrogen) atoms. The van der Waals surface area contributed by atoms with Gasteiger partial charge in [-0.1, -0.05) is 0 Å². The summed E-state index contributed by atoms with van der Waals surface area (Å²) in [6.07, 6.45) is 0.635. The average molecular weight is 301 g/mol. The van der Waals surface area contributed by atoms with Crippen molar-refractivity contribution in [3.63, 3.8) is 0 Å². The van der Waals surface area contributed by atoms with Crippen molar-refractivity contribution < 1.29 is 19.1 Å². The summed E-state index contributed by atoms with van der Waals surface area (Å²) in [4.78, 5) is 37.4. The molecule has 0 aromatic heterocycles. The number of hydrogen-bond acceptors (Lipinski definition) is 5. The molecule has 1 atom stereocenters. The number of piperidine rings is 1. The number of nitrogens with zero attached hydrogens (tertiary/aromatic N) is 1. The largest absolute Gasteiger partial charge is 0.490 e. The van der Waals surface area contributed by atoms with Crippen molar-refractivity contribution in [2.75, 3.05) is 18.5 Å². The predicted molar refractivity (Wildman–Crippen MR) is 76.5 cm³/mol. The lowest BCUT2D eigenvalue weighted by Crippen LogP contribution is -2.52. The smallest absolute Gasteiger partial charge is 0.255 e. The Morgan fingerprint density at radius 2 is 2.09 bits per heavy atom. The molecule has 1 unspecified atom stereocenters. The van der Waals surface area contributed by atoms with E-state index in [1.165, 1.54) is 4.90 Å². The first kappa shape index (κ1) is 13.1. The van der Waals surface area contributed by atoms with Gasteiger partial charge in [0, 0.05) is 25.1 Å². The summed E-state index contributed by atoms with van der Waals surface area (Å²) in [5.41, 5.74) is 2.33. The average Bonchev–Trinajstić information content (AvgIpc) is 2.82. The number of carbonyl (C=O) groups excluding carboxylic acids is 3. The molecule has 1 aromatic rings. The number of ether oxygens (including phenoxy) is 1. The van der Waals surface area contributed by atoms with E-state index >= 15 is 0 Å². The van der Waals surface area contributed by atoms with Gasteiger partial charge in [-0.05, 0) is 24.1 Å². The number of hydrogen-bond donors (Lipinski definition) is 2. The molecule has 114 valence electrons. The summed E-state index contributed by atoms with van der Waals surface area (Å²) >= 11 is 0.